The van der Waals surface area contributed by atoms with Crippen molar-refractivity contribution in [1.29, 1.82) is 0 Å². The Labute approximate surface area is 98.5 Å². The van der Waals surface area contributed by atoms with Crippen LogP contribution in [0.4, 0.5) is 0 Å². The van der Waals surface area contributed by atoms with Crippen molar-refractivity contribution in [3.63, 3.8) is 0 Å². The summed E-state index contributed by atoms with van der Waals surface area (Å²) in [6, 6.07) is 9.89. The number of pyridine rings is 1. The number of Topliss-reactive ketones (excluding diaryl/α,β-unsaturated/α-hetero) is 1. The fourth-order valence-electron chi connectivity index (χ4n) is 1.33. The van der Waals surface area contributed by atoms with Gasteiger partial charge in [-0.25, -0.2) is 4.98 Å². The maximum absolute atomic E-state index is 11.2. The molecule has 1 aromatic heterocycles. The van der Waals surface area contributed by atoms with Crippen LogP contribution in [-0.2, 0) is 0 Å². The molecule has 0 saturated heterocycles. The second-order valence-corrected chi connectivity index (χ2v) is 3.54. The number of ether oxygens (including phenoxy) is 1. The summed E-state index contributed by atoms with van der Waals surface area (Å²) in [5.41, 5.74) is 0.585. The summed E-state index contributed by atoms with van der Waals surface area (Å²) in [6.45, 7) is 1.50. The Morgan fingerprint density at radius 2 is 2.12 bits per heavy atom. The van der Waals surface area contributed by atoms with E-state index >= 15 is 0 Å². The van der Waals surface area contributed by atoms with E-state index in [0.717, 1.165) is 0 Å². The maximum atomic E-state index is 11.2. The van der Waals surface area contributed by atoms with Crippen LogP contribution in [0.2, 0.25) is 0 Å². The van der Waals surface area contributed by atoms with Crippen molar-refractivity contribution >= 4 is 5.78 Å². The molecule has 86 valence electrons. The van der Waals surface area contributed by atoms with Crippen LogP contribution < -0.4 is 4.74 Å². The lowest BCUT2D eigenvalue weighted by atomic mass is 10.1. The summed E-state index contributed by atoms with van der Waals surface area (Å²) in [4.78, 5) is 15.1. The molecule has 0 bridgehead atoms. The molecule has 0 aliphatic carbocycles. The first-order valence-electron chi connectivity index (χ1n) is 5.09. The highest BCUT2D eigenvalue weighted by Crippen LogP contribution is 2.21. The molecule has 0 atom stereocenters. The lowest BCUT2D eigenvalue weighted by Gasteiger charge is -2.05. The van der Waals surface area contributed by atoms with Crippen LogP contribution in [0.5, 0.6) is 17.4 Å². The van der Waals surface area contributed by atoms with Gasteiger partial charge in [0.25, 0.3) is 0 Å². The third kappa shape index (κ3) is 2.81. The molecular formula is C13H11NO3. The molecule has 0 aliphatic rings. The molecular weight excluding hydrogens is 218 g/mol. The summed E-state index contributed by atoms with van der Waals surface area (Å²) >= 11 is 0. The summed E-state index contributed by atoms with van der Waals surface area (Å²) in [7, 11) is 0. The van der Waals surface area contributed by atoms with E-state index in [4.69, 9.17) is 9.84 Å². The standard InChI is InChI=1S/C13H11NO3/c1-9(15)10-3-2-4-12(7-10)17-13-6-5-11(16)8-14-13/h2-8,16H,1H3. The smallest absolute Gasteiger partial charge is 0.219 e. The quantitative estimate of drug-likeness (QED) is 0.822. The van der Waals surface area contributed by atoms with E-state index in [1.807, 2.05) is 0 Å². The van der Waals surface area contributed by atoms with Crippen LogP contribution in [0.3, 0.4) is 0 Å². The van der Waals surface area contributed by atoms with Gasteiger partial charge in [-0.1, -0.05) is 12.1 Å². The zero-order valence-electron chi connectivity index (χ0n) is 9.25. The van der Waals surface area contributed by atoms with E-state index in [0.29, 0.717) is 17.2 Å². The molecule has 0 saturated carbocycles. The minimum atomic E-state index is -0.0193. The molecule has 0 unspecified atom stereocenters. The number of hydrogen-bond donors (Lipinski definition) is 1. The topological polar surface area (TPSA) is 59.4 Å². The molecule has 4 nitrogen and oxygen atoms in total. The van der Waals surface area contributed by atoms with Gasteiger partial charge in [-0.15, -0.1) is 0 Å². The van der Waals surface area contributed by atoms with E-state index in [1.165, 1.54) is 19.2 Å². The Kier molecular flexibility index (Phi) is 3.05. The highest BCUT2D eigenvalue weighted by atomic mass is 16.5. The molecule has 1 N–H and O–H groups in total. The van der Waals surface area contributed by atoms with Crippen LogP contribution in [0.1, 0.15) is 17.3 Å². The first kappa shape index (κ1) is 11.1. The number of carbonyl (C=O) groups is 1. The first-order valence-corrected chi connectivity index (χ1v) is 5.09. The first-order chi connectivity index (χ1) is 8.15. The lowest BCUT2D eigenvalue weighted by molar-refractivity contribution is 0.101. The summed E-state index contributed by atoms with van der Waals surface area (Å²) < 4.78 is 5.45. The molecule has 0 amide bonds. The predicted molar refractivity (Wildman–Crippen MR) is 62.4 cm³/mol. The number of ketones is 1. The van der Waals surface area contributed by atoms with Gasteiger partial charge in [0, 0.05) is 11.6 Å². The molecule has 2 rings (SSSR count). The summed E-state index contributed by atoms with van der Waals surface area (Å²) in [5, 5.41) is 9.08. The number of carbonyl (C=O) groups excluding carboxylic acids is 1. The van der Waals surface area contributed by atoms with Crippen LogP contribution in [0.25, 0.3) is 0 Å². The normalized spacial score (nSPS) is 9.94. The minimum Gasteiger partial charge on any atom is -0.506 e. The number of benzene rings is 1. The second-order valence-electron chi connectivity index (χ2n) is 3.54. The van der Waals surface area contributed by atoms with Crippen molar-refractivity contribution in [3.05, 3.63) is 48.2 Å². The van der Waals surface area contributed by atoms with Crippen molar-refractivity contribution in [2.75, 3.05) is 0 Å². The molecule has 17 heavy (non-hydrogen) atoms. The molecule has 1 aromatic carbocycles. The highest BCUT2D eigenvalue weighted by molar-refractivity contribution is 5.94. The van der Waals surface area contributed by atoms with Crippen LogP contribution in [-0.4, -0.2) is 15.9 Å². The second kappa shape index (κ2) is 4.65. The molecule has 0 spiro atoms. The lowest BCUT2D eigenvalue weighted by Crippen LogP contribution is -1.93. The van der Waals surface area contributed by atoms with Gasteiger partial charge in [0.15, 0.2) is 5.78 Å². The van der Waals surface area contributed by atoms with Crippen LogP contribution >= 0.6 is 0 Å². The Hall–Kier alpha value is -2.36. The van der Waals surface area contributed by atoms with Crippen molar-refractivity contribution in [1.82, 2.24) is 4.98 Å². The largest absolute Gasteiger partial charge is 0.506 e. The maximum Gasteiger partial charge on any atom is 0.219 e. The number of nitrogens with zero attached hydrogens (tertiary/aromatic N) is 1. The Morgan fingerprint density at radius 1 is 1.29 bits per heavy atom. The monoisotopic (exact) mass is 229 g/mol. The van der Waals surface area contributed by atoms with Crippen molar-refractivity contribution in [3.8, 4) is 17.4 Å². The van der Waals surface area contributed by atoms with Gasteiger partial charge in [-0.2, -0.15) is 0 Å². The van der Waals surface area contributed by atoms with Gasteiger partial charge in [0.05, 0.1) is 6.20 Å². The summed E-state index contributed by atoms with van der Waals surface area (Å²) in [5.74, 6) is 0.961. The average Bonchev–Trinajstić information content (AvgIpc) is 2.32. The Morgan fingerprint density at radius 3 is 2.76 bits per heavy atom. The van der Waals surface area contributed by atoms with E-state index in [9.17, 15) is 4.79 Å². The fraction of sp³-hybridized carbons (Fsp3) is 0.0769. The van der Waals surface area contributed by atoms with Crippen LogP contribution in [0.15, 0.2) is 42.6 Å². The number of hydrogen-bond acceptors (Lipinski definition) is 4. The van der Waals surface area contributed by atoms with Gasteiger partial charge in [-0.3, -0.25) is 4.79 Å². The molecule has 0 fully saturated rings. The van der Waals surface area contributed by atoms with Crippen molar-refractivity contribution in [2.45, 2.75) is 6.92 Å². The third-order valence-corrected chi connectivity index (χ3v) is 2.18. The van der Waals surface area contributed by atoms with Gasteiger partial charge in [0.1, 0.15) is 11.5 Å². The fourth-order valence-corrected chi connectivity index (χ4v) is 1.33. The van der Waals surface area contributed by atoms with E-state index in [2.05, 4.69) is 4.98 Å². The summed E-state index contributed by atoms with van der Waals surface area (Å²) in [6.07, 6.45) is 1.30. The SMILES string of the molecule is CC(=O)c1cccc(Oc2ccc(O)cn2)c1. The number of aromatic hydroxyl groups is 1. The van der Waals surface area contributed by atoms with E-state index in [1.54, 1.807) is 30.3 Å². The zero-order chi connectivity index (χ0) is 12.3. The highest BCUT2D eigenvalue weighted by Gasteiger charge is 2.03. The molecule has 1 heterocycles. The van der Waals surface area contributed by atoms with E-state index < -0.39 is 0 Å². The molecule has 0 radical (unpaired) electrons. The van der Waals surface area contributed by atoms with E-state index in [-0.39, 0.29) is 11.5 Å². The Balaban J connectivity index is 2.21. The Bertz CT molecular complexity index is 535. The molecule has 2 aromatic rings. The average molecular weight is 229 g/mol. The minimum absolute atomic E-state index is 0.0193. The third-order valence-electron chi connectivity index (χ3n) is 2.18. The molecule has 0 aliphatic heterocycles. The predicted octanol–water partition coefficient (Wildman–Crippen LogP) is 2.78. The van der Waals surface area contributed by atoms with Gasteiger partial charge >= 0.3 is 0 Å². The van der Waals surface area contributed by atoms with Gasteiger partial charge in [0.2, 0.25) is 5.88 Å². The van der Waals surface area contributed by atoms with Crippen molar-refractivity contribution in [2.24, 2.45) is 0 Å². The zero-order valence-corrected chi connectivity index (χ0v) is 9.25. The van der Waals surface area contributed by atoms with Gasteiger partial charge < -0.3 is 9.84 Å². The number of rotatable bonds is 3. The number of aromatic nitrogens is 1. The van der Waals surface area contributed by atoms with Gasteiger partial charge in [-0.05, 0) is 25.1 Å². The molecule has 4 heteroatoms. The van der Waals surface area contributed by atoms with Crippen molar-refractivity contribution < 1.29 is 14.6 Å². The van der Waals surface area contributed by atoms with Crippen LogP contribution in [0, 0.1) is 0 Å².